The van der Waals surface area contributed by atoms with E-state index >= 15 is 0 Å². The number of amides is 1. The van der Waals surface area contributed by atoms with Crippen LogP contribution in [0.2, 0.25) is 0 Å². The predicted molar refractivity (Wildman–Crippen MR) is 131 cm³/mol. The van der Waals surface area contributed by atoms with E-state index in [-0.39, 0.29) is 11.7 Å². The van der Waals surface area contributed by atoms with Crippen LogP contribution in [0.15, 0.2) is 113 Å². The van der Waals surface area contributed by atoms with E-state index < -0.39 is 0 Å². The molecule has 0 saturated carbocycles. The number of ether oxygens (including phenoxy) is 1. The number of aromatic nitrogens is 3. The fourth-order valence-corrected chi connectivity index (χ4v) is 4.08. The second-order valence-electron chi connectivity index (χ2n) is 7.23. The summed E-state index contributed by atoms with van der Waals surface area (Å²) in [6.45, 7) is 0. The second-order valence-corrected chi connectivity index (χ2v) is 8.18. The fourth-order valence-electron chi connectivity index (χ4n) is 3.33. The van der Waals surface area contributed by atoms with E-state index in [1.807, 2.05) is 89.5 Å². The van der Waals surface area contributed by atoms with Crippen molar-refractivity contribution >= 4 is 23.4 Å². The average molecular weight is 469 g/mol. The van der Waals surface area contributed by atoms with Gasteiger partial charge in [0, 0.05) is 17.4 Å². The molecular weight excluding hydrogens is 448 g/mol. The number of thioether (sulfide) groups is 1. The van der Waals surface area contributed by atoms with Gasteiger partial charge < -0.3 is 14.5 Å². The van der Waals surface area contributed by atoms with Crippen LogP contribution in [0.5, 0.6) is 11.5 Å². The Kier molecular flexibility index (Phi) is 6.40. The average Bonchev–Trinajstić information content (AvgIpc) is 3.54. The topological polar surface area (TPSA) is 82.2 Å². The number of nitrogens with zero attached hydrogens (tertiary/aromatic N) is 3. The van der Waals surface area contributed by atoms with Gasteiger partial charge in [-0.25, -0.2) is 0 Å². The number of carbonyl (C=O) groups is 1. The van der Waals surface area contributed by atoms with Gasteiger partial charge in [-0.2, -0.15) is 0 Å². The molecule has 0 aliphatic heterocycles. The molecule has 1 N–H and O–H groups in total. The van der Waals surface area contributed by atoms with E-state index in [9.17, 15) is 4.79 Å². The zero-order valence-electron chi connectivity index (χ0n) is 18.0. The predicted octanol–water partition coefficient (Wildman–Crippen LogP) is 6.05. The zero-order chi connectivity index (χ0) is 23.2. The van der Waals surface area contributed by atoms with Crippen molar-refractivity contribution in [3.63, 3.8) is 0 Å². The van der Waals surface area contributed by atoms with Crippen molar-refractivity contribution in [3.8, 4) is 28.8 Å². The Morgan fingerprint density at radius 1 is 0.882 bits per heavy atom. The molecule has 0 saturated heterocycles. The largest absolute Gasteiger partial charge is 0.461 e. The number of furan rings is 1. The minimum Gasteiger partial charge on any atom is -0.461 e. The molecule has 0 unspecified atom stereocenters. The highest BCUT2D eigenvalue weighted by atomic mass is 32.2. The lowest BCUT2D eigenvalue weighted by molar-refractivity contribution is -0.113. The van der Waals surface area contributed by atoms with Crippen LogP contribution in [-0.2, 0) is 4.79 Å². The van der Waals surface area contributed by atoms with Crippen LogP contribution in [0.4, 0.5) is 5.69 Å². The van der Waals surface area contributed by atoms with E-state index in [1.54, 1.807) is 18.4 Å². The molecule has 5 aromatic rings. The van der Waals surface area contributed by atoms with Crippen LogP contribution in [0.25, 0.3) is 17.3 Å². The number of anilines is 1. The van der Waals surface area contributed by atoms with Crippen LogP contribution in [0, 0.1) is 0 Å². The first-order valence-electron chi connectivity index (χ1n) is 10.6. The third-order valence-corrected chi connectivity index (χ3v) is 5.75. The van der Waals surface area contributed by atoms with E-state index in [1.165, 1.54) is 11.8 Å². The summed E-state index contributed by atoms with van der Waals surface area (Å²) in [7, 11) is 0. The van der Waals surface area contributed by atoms with Gasteiger partial charge >= 0.3 is 0 Å². The molecule has 0 aliphatic carbocycles. The SMILES string of the molecule is O=C(CSc1nnc(-c2ccco2)n1-c1ccccc1)Nc1cccc(Oc2ccccc2)c1. The Morgan fingerprint density at radius 2 is 1.65 bits per heavy atom. The molecule has 2 aromatic heterocycles. The maximum Gasteiger partial charge on any atom is 0.234 e. The first kappa shape index (κ1) is 21.5. The van der Waals surface area contributed by atoms with Gasteiger partial charge in [0.15, 0.2) is 10.9 Å². The number of para-hydroxylation sites is 2. The minimum atomic E-state index is -0.163. The lowest BCUT2D eigenvalue weighted by Crippen LogP contribution is -2.14. The highest BCUT2D eigenvalue weighted by Crippen LogP contribution is 2.29. The summed E-state index contributed by atoms with van der Waals surface area (Å²) in [6.07, 6.45) is 1.59. The normalized spacial score (nSPS) is 10.7. The molecule has 0 bridgehead atoms. The number of hydrogen-bond acceptors (Lipinski definition) is 6. The summed E-state index contributed by atoms with van der Waals surface area (Å²) in [5.41, 5.74) is 1.53. The first-order valence-corrected chi connectivity index (χ1v) is 11.6. The Bertz CT molecular complexity index is 1370. The van der Waals surface area contributed by atoms with Crippen molar-refractivity contribution in [1.29, 1.82) is 0 Å². The molecule has 0 atom stereocenters. The zero-order valence-corrected chi connectivity index (χ0v) is 18.8. The lowest BCUT2D eigenvalue weighted by atomic mass is 10.3. The van der Waals surface area contributed by atoms with Gasteiger partial charge in [0.25, 0.3) is 0 Å². The van der Waals surface area contributed by atoms with Gasteiger partial charge in [0.05, 0.1) is 12.0 Å². The summed E-state index contributed by atoms with van der Waals surface area (Å²) in [5.74, 6) is 2.54. The van der Waals surface area contributed by atoms with Crippen LogP contribution in [0.1, 0.15) is 0 Å². The molecule has 168 valence electrons. The van der Waals surface area contributed by atoms with Crippen molar-refractivity contribution in [2.24, 2.45) is 0 Å². The summed E-state index contributed by atoms with van der Waals surface area (Å²) < 4.78 is 13.3. The molecule has 5 rings (SSSR count). The fraction of sp³-hybridized carbons (Fsp3) is 0.0385. The number of carbonyl (C=O) groups excluding carboxylic acids is 1. The molecular formula is C26H20N4O3S. The monoisotopic (exact) mass is 468 g/mol. The van der Waals surface area contributed by atoms with Gasteiger partial charge in [-0.1, -0.05) is 54.2 Å². The van der Waals surface area contributed by atoms with Crippen molar-refractivity contribution in [3.05, 3.63) is 103 Å². The first-order chi connectivity index (χ1) is 16.8. The maximum absolute atomic E-state index is 12.7. The molecule has 0 spiro atoms. The summed E-state index contributed by atoms with van der Waals surface area (Å²) in [6, 6.07) is 30.1. The van der Waals surface area contributed by atoms with E-state index in [2.05, 4.69) is 15.5 Å². The molecule has 7 nitrogen and oxygen atoms in total. The third-order valence-electron chi connectivity index (χ3n) is 4.82. The van der Waals surface area contributed by atoms with Gasteiger partial charge in [-0.05, 0) is 48.5 Å². The summed E-state index contributed by atoms with van der Waals surface area (Å²) >= 11 is 1.30. The third kappa shape index (κ3) is 5.02. The highest BCUT2D eigenvalue weighted by molar-refractivity contribution is 7.99. The van der Waals surface area contributed by atoms with E-state index in [0.717, 1.165) is 11.4 Å². The standard InChI is InChI=1S/C26H20N4O3S/c31-24(27-19-9-7-14-22(17-19)33-21-12-5-2-6-13-21)18-34-26-29-28-25(23-15-8-16-32-23)30(26)20-10-3-1-4-11-20/h1-17H,18H2,(H,27,31). The Labute approximate surface area is 200 Å². The molecule has 34 heavy (non-hydrogen) atoms. The number of rotatable bonds is 8. The van der Waals surface area contributed by atoms with Crippen LogP contribution in [0.3, 0.4) is 0 Å². The van der Waals surface area contributed by atoms with Crippen molar-refractivity contribution in [2.45, 2.75) is 5.16 Å². The number of nitrogens with one attached hydrogen (secondary N) is 1. The Morgan fingerprint density at radius 3 is 2.41 bits per heavy atom. The molecule has 0 fully saturated rings. The molecule has 0 radical (unpaired) electrons. The summed E-state index contributed by atoms with van der Waals surface area (Å²) in [5, 5.41) is 12.1. The minimum absolute atomic E-state index is 0.160. The summed E-state index contributed by atoms with van der Waals surface area (Å²) in [4.78, 5) is 12.7. The molecule has 8 heteroatoms. The van der Waals surface area contributed by atoms with Crippen LogP contribution < -0.4 is 10.1 Å². The molecule has 3 aromatic carbocycles. The van der Waals surface area contributed by atoms with E-state index in [0.29, 0.717) is 28.2 Å². The highest BCUT2D eigenvalue weighted by Gasteiger charge is 2.19. The van der Waals surface area contributed by atoms with Crippen molar-refractivity contribution in [2.75, 3.05) is 11.1 Å². The molecule has 2 heterocycles. The quantitative estimate of drug-likeness (QED) is 0.279. The van der Waals surface area contributed by atoms with E-state index in [4.69, 9.17) is 9.15 Å². The van der Waals surface area contributed by atoms with Gasteiger partial charge in [0.1, 0.15) is 11.5 Å². The van der Waals surface area contributed by atoms with Gasteiger partial charge in [0.2, 0.25) is 11.7 Å². The lowest BCUT2D eigenvalue weighted by Gasteiger charge is -2.10. The second kappa shape index (κ2) is 10.1. The van der Waals surface area contributed by atoms with Crippen molar-refractivity contribution in [1.82, 2.24) is 14.8 Å². The van der Waals surface area contributed by atoms with Crippen LogP contribution in [-0.4, -0.2) is 26.4 Å². The molecule has 1 amide bonds. The smallest absolute Gasteiger partial charge is 0.234 e. The van der Waals surface area contributed by atoms with Gasteiger partial charge in [-0.15, -0.1) is 10.2 Å². The number of hydrogen-bond donors (Lipinski definition) is 1. The van der Waals surface area contributed by atoms with Crippen LogP contribution >= 0.6 is 11.8 Å². The number of benzene rings is 3. The Balaban J connectivity index is 1.29. The van der Waals surface area contributed by atoms with Gasteiger partial charge in [-0.3, -0.25) is 9.36 Å². The Hall–Kier alpha value is -4.30. The molecule has 0 aliphatic rings. The maximum atomic E-state index is 12.7. The van der Waals surface area contributed by atoms with Crippen molar-refractivity contribution < 1.29 is 13.9 Å².